The number of rotatable bonds is 7. The molecule has 0 bridgehead atoms. The fourth-order valence-corrected chi connectivity index (χ4v) is 2.40. The number of carbonyl (C=O) groups excluding carboxylic acids is 1. The van der Waals surface area contributed by atoms with Crippen LogP contribution >= 0.6 is 0 Å². The monoisotopic (exact) mass is 287 g/mol. The minimum Gasteiger partial charge on any atom is -0.465 e. The summed E-state index contributed by atoms with van der Waals surface area (Å²) in [6.07, 6.45) is 0.510. The van der Waals surface area contributed by atoms with Crippen molar-refractivity contribution in [3.63, 3.8) is 0 Å². The number of anilines is 1. The molecule has 1 aromatic carbocycles. The number of benzene rings is 1. The first-order valence-electron chi connectivity index (χ1n) is 5.82. The lowest BCUT2D eigenvalue weighted by atomic mass is 10.1. The van der Waals surface area contributed by atoms with Crippen LogP contribution in [0.4, 0.5) is 5.69 Å². The summed E-state index contributed by atoms with van der Waals surface area (Å²) < 4.78 is 30.2. The maximum absolute atomic E-state index is 11.6. The van der Waals surface area contributed by atoms with Gasteiger partial charge in [-0.15, -0.1) is 0 Å². The molecule has 0 saturated carbocycles. The van der Waals surface area contributed by atoms with Gasteiger partial charge < -0.3 is 9.84 Å². The van der Waals surface area contributed by atoms with Crippen LogP contribution in [0, 0.1) is 0 Å². The third-order valence-electron chi connectivity index (χ3n) is 2.24. The third-order valence-corrected chi connectivity index (χ3v) is 3.40. The van der Waals surface area contributed by atoms with Crippen molar-refractivity contribution in [3.05, 3.63) is 29.8 Å². The molecule has 7 heteroatoms. The standard InChI is InChI=1S/C12H17NO5S/c1-2-18-12(15)9-19(16,17)13-11-5-3-10(4-6-11)7-8-14/h3-6,13-14H,2,7-9H2,1H3. The summed E-state index contributed by atoms with van der Waals surface area (Å²) in [5, 5.41) is 8.76. The van der Waals surface area contributed by atoms with Crippen molar-refractivity contribution in [3.8, 4) is 0 Å². The number of sulfonamides is 1. The second-order valence-electron chi connectivity index (χ2n) is 3.84. The van der Waals surface area contributed by atoms with Gasteiger partial charge in [0, 0.05) is 12.3 Å². The van der Waals surface area contributed by atoms with Gasteiger partial charge in [0.05, 0.1) is 6.61 Å². The van der Waals surface area contributed by atoms with Crippen LogP contribution in [0.25, 0.3) is 0 Å². The lowest BCUT2D eigenvalue weighted by Crippen LogP contribution is -2.24. The predicted molar refractivity (Wildman–Crippen MR) is 71.3 cm³/mol. The normalized spacial score (nSPS) is 11.1. The van der Waals surface area contributed by atoms with Crippen molar-refractivity contribution in [1.29, 1.82) is 0 Å². The molecule has 6 nitrogen and oxygen atoms in total. The van der Waals surface area contributed by atoms with Gasteiger partial charge in [0.2, 0.25) is 10.0 Å². The van der Waals surface area contributed by atoms with Crippen LogP contribution in [0.15, 0.2) is 24.3 Å². The van der Waals surface area contributed by atoms with Gasteiger partial charge in [-0.05, 0) is 31.0 Å². The summed E-state index contributed by atoms with van der Waals surface area (Å²) in [6.45, 7) is 1.79. The number of esters is 1. The summed E-state index contributed by atoms with van der Waals surface area (Å²) in [7, 11) is -3.76. The molecule has 0 aliphatic carbocycles. The number of hydrogen-bond donors (Lipinski definition) is 2. The lowest BCUT2D eigenvalue weighted by molar-refractivity contribution is -0.139. The smallest absolute Gasteiger partial charge is 0.323 e. The SMILES string of the molecule is CCOC(=O)CS(=O)(=O)Nc1ccc(CCO)cc1. The van der Waals surface area contributed by atoms with E-state index in [9.17, 15) is 13.2 Å². The van der Waals surface area contributed by atoms with Gasteiger partial charge in [0.25, 0.3) is 0 Å². The molecule has 0 aliphatic heterocycles. The number of carbonyl (C=O) groups is 1. The molecule has 106 valence electrons. The van der Waals surface area contributed by atoms with Gasteiger partial charge in [0.15, 0.2) is 5.75 Å². The molecule has 0 spiro atoms. The Morgan fingerprint density at radius 3 is 2.47 bits per heavy atom. The van der Waals surface area contributed by atoms with E-state index in [0.29, 0.717) is 12.1 Å². The average molecular weight is 287 g/mol. The zero-order valence-corrected chi connectivity index (χ0v) is 11.4. The minimum absolute atomic E-state index is 0.0356. The van der Waals surface area contributed by atoms with Gasteiger partial charge in [-0.3, -0.25) is 9.52 Å². The first-order valence-corrected chi connectivity index (χ1v) is 7.48. The van der Waals surface area contributed by atoms with Gasteiger partial charge in [-0.25, -0.2) is 8.42 Å². The highest BCUT2D eigenvalue weighted by atomic mass is 32.2. The van der Waals surface area contributed by atoms with Crippen molar-refractivity contribution >= 4 is 21.7 Å². The summed E-state index contributed by atoms with van der Waals surface area (Å²) in [5.41, 5.74) is 1.27. The largest absolute Gasteiger partial charge is 0.465 e. The van der Waals surface area contributed by atoms with Crippen LogP contribution in [0.2, 0.25) is 0 Å². The molecule has 0 amide bonds. The van der Waals surface area contributed by atoms with Crippen LogP contribution < -0.4 is 4.72 Å². The highest BCUT2D eigenvalue weighted by Crippen LogP contribution is 2.12. The average Bonchev–Trinajstić information content (AvgIpc) is 2.31. The van der Waals surface area contributed by atoms with E-state index in [4.69, 9.17) is 5.11 Å². The zero-order valence-electron chi connectivity index (χ0n) is 10.6. The molecule has 0 saturated heterocycles. The highest BCUT2D eigenvalue weighted by Gasteiger charge is 2.17. The van der Waals surface area contributed by atoms with Crippen molar-refractivity contribution in [2.45, 2.75) is 13.3 Å². The van der Waals surface area contributed by atoms with Crippen LogP contribution in [0.1, 0.15) is 12.5 Å². The van der Waals surface area contributed by atoms with E-state index < -0.39 is 21.7 Å². The Bertz CT molecular complexity index is 509. The van der Waals surface area contributed by atoms with E-state index in [1.807, 2.05) is 0 Å². The number of hydrogen-bond acceptors (Lipinski definition) is 5. The molecule has 0 aromatic heterocycles. The van der Waals surface area contributed by atoms with E-state index in [0.717, 1.165) is 5.56 Å². The van der Waals surface area contributed by atoms with Crippen molar-refractivity contribution in [2.24, 2.45) is 0 Å². The number of nitrogens with one attached hydrogen (secondary N) is 1. The predicted octanol–water partition coefficient (Wildman–Crippen LogP) is 0.526. The summed E-state index contributed by atoms with van der Waals surface area (Å²) in [4.78, 5) is 11.1. The summed E-state index contributed by atoms with van der Waals surface area (Å²) >= 11 is 0. The van der Waals surface area contributed by atoms with E-state index >= 15 is 0 Å². The lowest BCUT2D eigenvalue weighted by Gasteiger charge is -2.08. The summed E-state index contributed by atoms with van der Waals surface area (Å²) in [6, 6.07) is 6.57. The Balaban J connectivity index is 2.64. The molecule has 2 N–H and O–H groups in total. The topological polar surface area (TPSA) is 92.7 Å². The van der Waals surface area contributed by atoms with E-state index in [2.05, 4.69) is 9.46 Å². The van der Waals surface area contributed by atoms with Crippen LogP contribution in [0.3, 0.4) is 0 Å². The maximum Gasteiger partial charge on any atom is 0.323 e. The molecule has 0 radical (unpaired) electrons. The number of ether oxygens (including phenoxy) is 1. The summed E-state index contributed by atoms with van der Waals surface area (Å²) in [5.74, 6) is -1.49. The first-order chi connectivity index (χ1) is 8.96. The molecule has 0 aliphatic rings. The fourth-order valence-electron chi connectivity index (χ4n) is 1.44. The molecular weight excluding hydrogens is 270 g/mol. The van der Waals surface area contributed by atoms with E-state index in [1.165, 1.54) is 0 Å². The Kier molecular flexibility index (Phi) is 5.78. The van der Waals surface area contributed by atoms with Gasteiger partial charge in [-0.2, -0.15) is 0 Å². The molecule has 0 heterocycles. The van der Waals surface area contributed by atoms with Crippen LogP contribution in [-0.4, -0.2) is 38.5 Å². The van der Waals surface area contributed by atoms with Crippen molar-refractivity contribution < 1.29 is 23.1 Å². The third kappa shape index (κ3) is 5.71. The first kappa shape index (κ1) is 15.5. The Morgan fingerprint density at radius 1 is 1.32 bits per heavy atom. The minimum atomic E-state index is -3.76. The highest BCUT2D eigenvalue weighted by molar-refractivity contribution is 7.93. The molecule has 1 aromatic rings. The Labute approximate surface area is 112 Å². The maximum atomic E-state index is 11.6. The second-order valence-corrected chi connectivity index (χ2v) is 5.56. The molecule has 19 heavy (non-hydrogen) atoms. The zero-order chi connectivity index (χ0) is 14.3. The Hall–Kier alpha value is -1.60. The van der Waals surface area contributed by atoms with Gasteiger partial charge in [0.1, 0.15) is 0 Å². The van der Waals surface area contributed by atoms with Gasteiger partial charge >= 0.3 is 5.97 Å². The molecule has 0 atom stereocenters. The molecule has 1 rings (SSSR count). The van der Waals surface area contributed by atoms with Crippen LogP contribution in [-0.2, 0) is 26.0 Å². The van der Waals surface area contributed by atoms with Crippen molar-refractivity contribution in [1.82, 2.24) is 0 Å². The second kappa shape index (κ2) is 7.10. The van der Waals surface area contributed by atoms with E-state index in [1.54, 1.807) is 31.2 Å². The quantitative estimate of drug-likeness (QED) is 0.713. The Morgan fingerprint density at radius 2 is 1.95 bits per heavy atom. The molecule has 0 unspecified atom stereocenters. The molecule has 0 fully saturated rings. The van der Waals surface area contributed by atoms with E-state index in [-0.39, 0.29) is 13.2 Å². The fraction of sp³-hybridized carbons (Fsp3) is 0.417. The number of aliphatic hydroxyl groups is 1. The molecular formula is C12H17NO5S. The van der Waals surface area contributed by atoms with Crippen LogP contribution in [0.5, 0.6) is 0 Å². The number of aliphatic hydroxyl groups excluding tert-OH is 1. The van der Waals surface area contributed by atoms with Gasteiger partial charge in [-0.1, -0.05) is 12.1 Å². The van der Waals surface area contributed by atoms with Crippen molar-refractivity contribution in [2.75, 3.05) is 23.7 Å².